The van der Waals surface area contributed by atoms with E-state index in [0.717, 1.165) is 17.7 Å². The topological polar surface area (TPSA) is 83.4 Å². The van der Waals surface area contributed by atoms with Crippen molar-refractivity contribution in [3.63, 3.8) is 0 Å². The van der Waals surface area contributed by atoms with Crippen LogP contribution < -0.4 is 10.5 Å². The highest BCUT2D eigenvalue weighted by atomic mass is 16.5. The van der Waals surface area contributed by atoms with Gasteiger partial charge in [-0.2, -0.15) is 4.98 Å². The number of fused-ring (bicyclic) bond motifs is 1. The Morgan fingerprint density at radius 3 is 3.11 bits per heavy atom. The van der Waals surface area contributed by atoms with Gasteiger partial charge in [-0.05, 0) is 11.6 Å². The minimum Gasteiger partial charge on any atom is -0.482 e. The Morgan fingerprint density at radius 2 is 2.32 bits per heavy atom. The largest absolute Gasteiger partial charge is 0.482 e. The van der Waals surface area contributed by atoms with Gasteiger partial charge in [-0.1, -0.05) is 23.4 Å². The molecule has 100 valence electrons. The number of para-hydroxylation sites is 1. The second-order valence-corrected chi connectivity index (χ2v) is 4.47. The van der Waals surface area contributed by atoms with E-state index in [1.165, 1.54) is 0 Å². The van der Waals surface area contributed by atoms with Crippen LogP contribution in [-0.4, -0.2) is 23.9 Å². The van der Waals surface area contributed by atoms with E-state index in [0.29, 0.717) is 18.3 Å². The van der Waals surface area contributed by atoms with Crippen LogP contribution in [0.5, 0.6) is 5.75 Å². The van der Waals surface area contributed by atoms with Crippen LogP contribution in [0.2, 0.25) is 0 Å². The van der Waals surface area contributed by atoms with Crippen molar-refractivity contribution in [2.75, 3.05) is 13.7 Å². The van der Waals surface area contributed by atoms with Gasteiger partial charge in [0.05, 0.1) is 6.61 Å². The van der Waals surface area contributed by atoms with Crippen molar-refractivity contribution in [3.8, 4) is 5.75 Å². The van der Waals surface area contributed by atoms with E-state index in [1.807, 2.05) is 24.3 Å². The zero-order chi connectivity index (χ0) is 13.2. The van der Waals surface area contributed by atoms with E-state index in [-0.39, 0.29) is 6.10 Å². The van der Waals surface area contributed by atoms with E-state index in [2.05, 4.69) is 10.1 Å². The number of hydrogen-bond acceptors (Lipinski definition) is 6. The molecule has 2 aromatic rings. The van der Waals surface area contributed by atoms with Crippen LogP contribution >= 0.6 is 0 Å². The van der Waals surface area contributed by atoms with Crippen LogP contribution in [-0.2, 0) is 11.2 Å². The van der Waals surface area contributed by atoms with Gasteiger partial charge in [0.1, 0.15) is 11.8 Å². The molecule has 0 amide bonds. The molecule has 0 bridgehead atoms. The normalized spacial score (nSPS) is 18.9. The Balaban J connectivity index is 1.75. The smallest absolute Gasteiger partial charge is 0.246 e. The third-order valence-electron chi connectivity index (χ3n) is 3.06. The first-order valence-electron chi connectivity index (χ1n) is 6.10. The van der Waals surface area contributed by atoms with Crippen molar-refractivity contribution in [1.29, 1.82) is 0 Å². The van der Waals surface area contributed by atoms with Crippen molar-refractivity contribution >= 4 is 0 Å². The molecule has 6 nitrogen and oxygen atoms in total. The van der Waals surface area contributed by atoms with E-state index in [9.17, 15) is 0 Å². The summed E-state index contributed by atoms with van der Waals surface area (Å²) in [5.41, 5.74) is 6.99. The molecule has 19 heavy (non-hydrogen) atoms. The number of methoxy groups -OCH3 is 1. The second kappa shape index (κ2) is 4.99. The Bertz CT molecular complexity index is 545. The summed E-state index contributed by atoms with van der Waals surface area (Å²) in [7, 11) is 1.58. The van der Waals surface area contributed by atoms with E-state index < -0.39 is 6.04 Å². The predicted octanol–water partition coefficient (Wildman–Crippen LogP) is 1.39. The summed E-state index contributed by atoms with van der Waals surface area (Å²) < 4.78 is 15.9. The van der Waals surface area contributed by atoms with Gasteiger partial charge in [-0.3, -0.25) is 0 Å². The van der Waals surface area contributed by atoms with E-state index in [4.69, 9.17) is 19.7 Å². The minimum atomic E-state index is -0.407. The Kier molecular flexibility index (Phi) is 3.18. The third kappa shape index (κ3) is 2.32. The monoisotopic (exact) mass is 261 g/mol. The first kappa shape index (κ1) is 12.1. The minimum absolute atomic E-state index is 0.204. The fraction of sp³-hybridized carbons (Fsp3) is 0.385. The quantitative estimate of drug-likeness (QED) is 0.895. The van der Waals surface area contributed by atoms with Crippen LogP contribution in [0.1, 0.15) is 29.4 Å². The van der Waals surface area contributed by atoms with Crippen LogP contribution in [0.4, 0.5) is 0 Å². The molecule has 0 saturated heterocycles. The van der Waals surface area contributed by atoms with Crippen molar-refractivity contribution in [2.24, 2.45) is 5.73 Å². The number of ether oxygens (including phenoxy) is 2. The summed E-state index contributed by atoms with van der Waals surface area (Å²) in [6, 6.07) is 7.49. The van der Waals surface area contributed by atoms with Crippen LogP contribution in [0, 0.1) is 0 Å². The lowest BCUT2D eigenvalue weighted by atomic mass is 10.1. The Labute approximate surface area is 110 Å². The fourth-order valence-corrected chi connectivity index (χ4v) is 2.11. The molecule has 0 aliphatic carbocycles. The molecule has 2 N–H and O–H groups in total. The molecule has 2 heterocycles. The number of nitrogens with two attached hydrogens (primary N) is 1. The maximum atomic E-state index is 5.84. The summed E-state index contributed by atoms with van der Waals surface area (Å²) in [5.74, 6) is 1.77. The maximum absolute atomic E-state index is 5.84. The summed E-state index contributed by atoms with van der Waals surface area (Å²) in [4.78, 5) is 4.29. The molecule has 1 aromatic carbocycles. The van der Waals surface area contributed by atoms with Gasteiger partial charge in [-0.25, -0.2) is 0 Å². The molecule has 1 aromatic heterocycles. The predicted molar refractivity (Wildman–Crippen MR) is 66.6 cm³/mol. The first-order valence-corrected chi connectivity index (χ1v) is 6.10. The van der Waals surface area contributed by atoms with Crippen molar-refractivity contribution in [2.45, 2.75) is 18.6 Å². The fourth-order valence-electron chi connectivity index (χ4n) is 2.11. The lowest BCUT2D eigenvalue weighted by Gasteiger charge is -2.05. The lowest BCUT2D eigenvalue weighted by molar-refractivity contribution is 0.166. The van der Waals surface area contributed by atoms with Crippen molar-refractivity contribution < 1.29 is 14.0 Å². The molecule has 6 heteroatoms. The second-order valence-electron chi connectivity index (χ2n) is 4.47. The first-order chi connectivity index (χ1) is 9.28. The Hall–Kier alpha value is -1.92. The van der Waals surface area contributed by atoms with Gasteiger partial charge in [-0.15, -0.1) is 0 Å². The van der Waals surface area contributed by atoms with E-state index in [1.54, 1.807) is 7.11 Å². The summed E-state index contributed by atoms with van der Waals surface area (Å²) in [6.45, 7) is 0.341. The highest BCUT2D eigenvalue weighted by Crippen LogP contribution is 2.35. The summed E-state index contributed by atoms with van der Waals surface area (Å²) in [6.07, 6.45) is 0.541. The van der Waals surface area contributed by atoms with E-state index >= 15 is 0 Å². The molecule has 0 saturated carbocycles. The number of rotatable bonds is 4. The van der Waals surface area contributed by atoms with Crippen molar-refractivity contribution in [1.82, 2.24) is 10.1 Å². The highest BCUT2D eigenvalue weighted by molar-refractivity contribution is 5.37. The van der Waals surface area contributed by atoms with Crippen molar-refractivity contribution in [3.05, 3.63) is 41.5 Å². The summed E-state index contributed by atoms with van der Waals surface area (Å²) >= 11 is 0. The number of aromatic nitrogens is 2. The molecule has 0 radical (unpaired) electrons. The van der Waals surface area contributed by atoms with Crippen LogP contribution in [0.25, 0.3) is 0 Å². The van der Waals surface area contributed by atoms with Crippen LogP contribution in [0.3, 0.4) is 0 Å². The maximum Gasteiger partial charge on any atom is 0.246 e. The molecule has 0 fully saturated rings. The zero-order valence-corrected chi connectivity index (χ0v) is 10.6. The molecule has 0 spiro atoms. The Morgan fingerprint density at radius 1 is 1.47 bits per heavy atom. The molecule has 2 atom stereocenters. The number of hydrogen-bond donors (Lipinski definition) is 1. The molecule has 1 aliphatic heterocycles. The van der Waals surface area contributed by atoms with Gasteiger partial charge in [0, 0.05) is 13.5 Å². The molecule has 3 rings (SSSR count). The third-order valence-corrected chi connectivity index (χ3v) is 3.06. The van der Waals surface area contributed by atoms with Gasteiger partial charge >= 0.3 is 0 Å². The van der Waals surface area contributed by atoms with Gasteiger partial charge in [0.15, 0.2) is 6.10 Å². The van der Waals surface area contributed by atoms with Crippen LogP contribution in [0.15, 0.2) is 28.8 Å². The summed E-state index contributed by atoms with van der Waals surface area (Å²) in [5, 5.41) is 3.94. The molecular formula is C13H15N3O3. The zero-order valence-electron chi connectivity index (χ0n) is 10.6. The average Bonchev–Trinajstić information content (AvgIpc) is 3.05. The molecule has 1 aliphatic rings. The number of benzene rings is 1. The highest BCUT2D eigenvalue weighted by Gasteiger charge is 2.29. The average molecular weight is 261 g/mol. The standard InChI is InChI=1S/C13H15N3O3/c1-17-7-9(14)13-15-12(16-19-13)11-6-8-4-2-3-5-10(8)18-11/h2-5,9,11H,6-7,14H2,1H3. The number of nitrogens with zero attached hydrogens (tertiary/aromatic N) is 2. The SMILES string of the molecule is COCC(N)c1nc(C2Cc3ccccc3O2)no1. The van der Waals surface area contributed by atoms with Gasteiger partial charge < -0.3 is 19.7 Å². The lowest BCUT2D eigenvalue weighted by Crippen LogP contribution is -2.16. The molecule has 2 unspecified atom stereocenters. The van der Waals surface area contributed by atoms with Gasteiger partial charge in [0.25, 0.3) is 0 Å². The van der Waals surface area contributed by atoms with Gasteiger partial charge in [0.2, 0.25) is 11.7 Å². The molecular weight excluding hydrogens is 246 g/mol.